The first kappa shape index (κ1) is 13.7. The molecule has 2 aliphatic heterocycles. The van der Waals surface area contributed by atoms with E-state index in [4.69, 9.17) is 18.9 Å². The molecule has 4 nitrogen and oxygen atoms in total. The maximum absolute atomic E-state index is 5.84. The van der Waals surface area contributed by atoms with E-state index >= 15 is 0 Å². The van der Waals surface area contributed by atoms with Crippen LogP contribution in [-0.4, -0.2) is 25.8 Å². The molecule has 0 aliphatic carbocycles. The van der Waals surface area contributed by atoms with Crippen LogP contribution in [0.3, 0.4) is 0 Å². The van der Waals surface area contributed by atoms with Gasteiger partial charge in [-0.25, -0.2) is 0 Å². The Morgan fingerprint density at radius 2 is 1.35 bits per heavy atom. The highest BCUT2D eigenvalue weighted by molar-refractivity contribution is 5.33. The zero-order valence-electron chi connectivity index (χ0n) is 11.8. The van der Waals surface area contributed by atoms with Crippen molar-refractivity contribution >= 4 is 0 Å². The Morgan fingerprint density at radius 3 is 1.80 bits per heavy atom. The Bertz CT molecular complexity index is 373. The van der Waals surface area contributed by atoms with E-state index in [1.165, 1.54) is 0 Å². The zero-order chi connectivity index (χ0) is 13.6. The van der Waals surface area contributed by atoms with E-state index in [2.05, 4.69) is 0 Å². The molecule has 2 atom stereocenters. The molecule has 0 N–H and O–H groups in total. The number of rotatable bonds is 4. The fourth-order valence-electron chi connectivity index (χ4n) is 2.53. The van der Waals surface area contributed by atoms with Crippen LogP contribution in [0.15, 0.2) is 24.3 Å². The Hall–Kier alpha value is -1.26. The van der Waals surface area contributed by atoms with Crippen LogP contribution in [0, 0.1) is 0 Å². The summed E-state index contributed by atoms with van der Waals surface area (Å²) in [5.74, 6) is 1.59. The lowest BCUT2D eigenvalue weighted by Crippen LogP contribution is -2.25. The number of hydrogen-bond acceptors (Lipinski definition) is 4. The standard InChI is InChI=1S/C16H22O4/c1-3-10-17-15(8-1)19-13-6-5-7-14(12-13)20-16-9-2-4-11-18-16/h5-7,12,15-16H,1-4,8-11H2. The predicted octanol–water partition coefficient (Wildman–Crippen LogP) is 3.50. The van der Waals surface area contributed by atoms with Gasteiger partial charge in [-0.3, -0.25) is 0 Å². The van der Waals surface area contributed by atoms with E-state index in [1.807, 2.05) is 24.3 Å². The molecule has 0 radical (unpaired) electrons. The fraction of sp³-hybridized carbons (Fsp3) is 0.625. The van der Waals surface area contributed by atoms with Gasteiger partial charge in [-0.1, -0.05) is 6.07 Å². The monoisotopic (exact) mass is 278 g/mol. The first-order valence-corrected chi connectivity index (χ1v) is 7.57. The van der Waals surface area contributed by atoms with Gasteiger partial charge in [0.2, 0.25) is 0 Å². The molecule has 3 rings (SSSR count). The molecule has 2 heterocycles. The molecule has 2 fully saturated rings. The zero-order valence-corrected chi connectivity index (χ0v) is 11.8. The minimum Gasteiger partial charge on any atom is -0.465 e. The third-order valence-corrected chi connectivity index (χ3v) is 3.62. The van der Waals surface area contributed by atoms with Crippen molar-refractivity contribution in [3.8, 4) is 11.5 Å². The van der Waals surface area contributed by atoms with E-state index in [1.54, 1.807) is 0 Å². The van der Waals surface area contributed by atoms with Crippen molar-refractivity contribution in [1.29, 1.82) is 0 Å². The highest BCUT2D eigenvalue weighted by Crippen LogP contribution is 2.25. The third kappa shape index (κ3) is 3.87. The molecule has 4 heteroatoms. The van der Waals surface area contributed by atoms with Crippen molar-refractivity contribution in [3.63, 3.8) is 0 Å². The molecule has 1 aromatic carbocycles. The molecule has 1 aromatic rings. The maximum atomic E-state index is 5.84. The highest BCUT2D eigenvalue weighted by Gasteiger charge is 2.17. The van der Waals surface area contributed by atoms with Crippen LogP contribution >= 0.6 is 0 Å². The molecular weight excluding hydrogens is 256 g/mol. The van der Waals surface area contributed by atoms with E-state index in [0.717, 1.165) is 63.2 Å². The second-order valence-corrected chi connectivity index (χ2v) is 5.30. The summed E-state index contributed by atoms with van der Waals surface area (Å²) in [6.07, 6.45) is 6.25. The van der Waals surface area contributed by atoms with Crippen LogP contribution in [-0.2, 0) is 9.47 Å². The van der Waals surface area contributed by atoms with E-state index in [9.17, 15) is 0 Å². The van der Waals surface area contributed by atoms with Crippen LogP contribution in [0.2, 0.25) is 0 Å². The molecule has 0 saturated carbocycles. The van der Waals surface area contributed by atoms with E-state index < -0.39 is 0 Å². The molecule has 2 unspecified atom stereocenters. The molecule has 0 spiro atoms. The first-order valence-electron chi connectivity index (χ1n) is 7.57. The summed E-state index contributed by atoms with van der Waals surface area (Å²) in [4.78, 5) is 0. The summed E-state index contributed by atoms with van der Waals surface area (Å²) >= 11 is 0. The molecule has 20 heavy (non-hydrogen) atoms. The van der Waals surface area contributed by atoms with Crippen LogP contribution in [0.5, 0.6) is 11.5 Å². The average Bonchev–Trinajstić information content (AvgIpc) is 2.50. The SMILES string of the molecule is c1cc(OC2CCCCO2)cc(OC2CCCCO2)c1. The van der Waals surface area contributed by atoms with Crippen LogP contribution in [0.25, 0.3) is 0 Å². The van der Waals surface area contributed by atoms with Gasteiger partial charge >= 0.3 is 0 Å². The van der Waals surface area contributed by atoms with Gasteiger partial charge < -0.3 is 18.9 Å². The van der Waals surface area contributed by atoms with Crippen molar-refractivity contribution < 1.29 is 18.9 Å². The van der Waals surface area contributed by atoms with Crippen molar-refractivity contribution in [3.05, 3.63) is 24.3 Å². The lowest BCUT2D eigenvalue weighted by Gasteiger charge is -2.25. The van der Waals surface area contributed by atoms with Gasteiger partial charge in [0.15, 0.2) is 12.6 Å². The molecule has 110 valence electrons. The molecule has 0 amide bonds. The van der Waals surface area contributed by atoms with Crippen LogP contribution in [0.4, 0.5) is 0 Å². The predicted molar refractivity (Wildman–Crippen MR) is 74.9 cm³/mol. The lowest BCUT2D eigenvalue weighted by molar-refractivity contribution is -0.109. The van der Waals surface area contributed by atoms with Crippen molar-refractivity contribution in [2.24, 2.45) is 0 Å². The Kier molecular flexibility index (Phi) is 4.77. The first-order chi connectivity index (χ1) is 9.90. The molecule has 0 aromatic heterocycles. The average molecular weight is 278 g/mol. The summed E-state index contributed by atoms with van der Waals surface area (Å²) in [6.45, 7) is 1.58. The summed E-state index contributed by atoms with van der Waals surface area (Å²) in [5.41, 5.74) is 0. The largest absolute Gasteiger partial charge is 0.465 e. The van der Waals surface area contributed by atoms with Gasteiger partial charge in [0.05, 0.1) is 13.2 Å². The number of ether oxygens (including phenoxy) is 4. The fourth-order valence-corrected chi connectivity index (χ4v) is 2.53. The van der Waals surface area contributed by atoms with Gasteiger partial charge in [0.1, 0.15) is 11.5 Å². The number of hydrogen-bond donors (Lipinski definition) is 0. The van der Waals surface area contributed by atoms with Crippen LogP contribution in [0.1, 0.15) is 38.5 Å². The smallest absolute Gasteiger partial charge is 0.199 e. The Morgan fingerprint density at radius 1 is 0.800 bits per heavy atom. The molecule has 2 aliphatic rings. The quantitative estimate of drug-likeness (QED) is 0.844. The van der Waals surface area contributed by atoms with Gasteiger partial charge in [0.25, 0.3) is 0 Å². The topological polar surface area (TPSA) is 36.9 Å². The summed E-state index contributed by atoms with van der Waals surface area (Å²) in [6, 6.07) is 7.73. The van der Waals surface area contributed by atoms with Gasteiger partial charge in [-0.05, 0) is 37.8 Å². The summed E-state index contributed by atoms with van der Waals surface area (Å²) < 4.78 is 22.9. The molecular formula is C16H22O4. The highest BCUT2D eigenvalue weighted by atomic mass is 16.7. The van der Waals surface area contributed by atoms with Crippen molar-refractivity contribution in [1.82, 2.24) is 0 Å². The molecule has 2 saturated heterocycles. The van der Waals surface area contributed by atoms with Crippen LogP contribution < -0.4 is 9.47 Å². The van der Waals surface area contributed by atoms with Crippen molar-refractivity contribution in [2.45, 2.75) is 51.1 Å². The third-order valence-electron chi connectivity index (χ3n) is 3.62. The van der Waals surface area contributed by atoms with Gasteiger partial charge in [-0.2, -0.15) is 0 Å². The normalized spacial score (nSPS) is 27.0. The Balaban J connectivity index is 1.57. The maximum Gasteiger partial charge on any atom is 0.199 e. The second-order valence-electron chi connectivity index (χ2n) is 5.30. The minimum absolute atomic E-state index is 0.120. The Labute approximate surface area is 120 Å². The minimum atomic E-state index is -0.120. The molecule has 0 bridgehead atoms. The van der Waals surface area contributed by atoms with Gasteiger partial charge in [0, 0.05) is 18.9 Å². The van der Waals surface area contributed by atoms with E-state index in [-0.39, 0.29) is 12.6 Å². The van der Waals surface area contributed by atoms with E-state index in [0.29, 0.717) is 0 Å². The summed E-state index contributed by atoms with van der Waals surface area (Å²) in [7, 11) is 0. The van der Waals surface area contributed by atoms with Crippen molar-refractivity contribution in [2.75, 3.05) is 13.2 Å². The van der Waals surface area contributed by atoms with Gasteiger partial charge in [-0.15, -0.1) is 0 Å². The summed E-state index contributed by atoms with van der Waals surface area (Å²) in [5, 5.41) is 0. The lowest BCUT2D eigenvalue weighted by atomic mass is 10.2. The number of benzene rings is 1. The second kappa shape index (κ2) is 6.95.